The van der Waals surface area contributed by atoms with Crippen molar-refractivity contribution < 1.29 is 18.9 Å². The zero-order valence-corrected chi connectivity index (χ0v) is 21.0. The van der Waals surface area contributed by atoms with Crippen LogP contribution in [0.15, 0.2) is 97.1 Å². The van der Waals surface area contributed by atoms with Crippen LogP contribution in [0.4, 0.5) is 0 Å². The largest absolute Gasteiger partial charge is 0.496 e. The predicted octanol–water partition coefficient (Wildman–Crippen LogP) is 7.66. The van der Waals surface area contributed by atoms with E-state index in [9.17, 15) is 0 Å². The molecular weight excluding hydrogens is 448 g/mol. The summed E-state index contributed by atoms with van der Waals surface area (Å²) in [5.74, 6) is 2.92. The molecule has 4 aromatic carbocycles. The quantitative estimate of drug-likeness (QED) is 0.183. The Kier molecular flexibility index (Phi) is 8.09. The van der Waals surface area contributed by atoms with Crippen molar-refractivity contribution in [1.82, 2.24) is 0 Å². The van der Waals surface area contributed by atoms with Gasteiger partial charge in [0.15, 0.2) is 0 Å². The molecule has 0 radical (unpaired) electrons. The van der Waals surface area contributed by atoms with E-state index in [1.165, 1.54) is 0 Å². The lowest BCUT2D eigenvalue weighted by Crippen LogP contribution is -2.01. The molecule has 4 rings (SSSR count). The molecule has 0 amide bonds. The molecule has 0 N–H and O–H groups in total. The first-order valence-electron chi connectivity index (χ1n) is 11.7. The van der Waals surface area contributed by atoms with Gasteiger partial charge >= 0.3 is 0 Å². The van der Waals surface area contributed by atoms with Crippen molar-refractivity contribution >= 4 is 23.7 Å². The van der Waals surface area contributed by atoms with Crippen LogP contribution in [-0.2, 0) is 9.47 Å². The molecule has 0 aliphatic carbocycles. The van der Waals surface area contributed by atoms with Crippen LogP contribution in [-0.4, -0.2) is 28.4 Å². The normalized spacial score (nSPS) is 11.7. The molecule has 0 spiro atoms. The summed E-state index contributed by atoms with van der Waals surface area (Å²) in [6, 6.07) is 32.2. The van der Waals surface area contributed by atoms with Crippen LogP contribution >= 0.6 is 0 Å². The van der Waals surface area contributed by atoms with Crippen LogP contribution in [0.5, 0.6) is 11.5 Å². The molecule has 36 heavy (non-hydrogen) atoms. The summed E-state index contributed by atoms with van der Waals surface area (Å²) in [4.78, 5) is 0. The zero-order valence-electron chi connectivity index (χ0n) is 21.0. The third kappa shape index (κ3) is 5.28. The summed E-state index contributed by atoms with van der Waals surface area (Å²) in [5.41, 5.74) is 5.75. The summed E-state index contributed by atoms with van der Waals surface area (Å²) in [6.07, 6.45) is 3.99. The maximum atomic E-state index is 6.03. The second-order valence-electron chi connectivity index (χ2n) is 8.00. The van der Waals surface area contributed by atoms with Gasteiger partial charge in [-0.05, 0) is 35.4 Å². The van der Waals surface area contributed by atoms with Gasteiger partial charge in [-0.25, -0.2) is 0 Å². The Bertz CT molecular complexity index is 1370. The maximum absolute atomic E-state index is 6.03. The molecule has 0 unspecified atom stereocenters. The smallest absolute Gasteiger partial charge is 0.128 e. The first-order chi connectivity index (χ1) is 17.7. The van der Waals surface area contributed by atoms with Gasteiger partial charge in [0.25, 0.3) is 0 Å². The Labute approximate surface area is 213 Å². The van der Waals surface area contributed by atoms with Gasteiger partial charge in [0.2, 0.25) is 0 Å². The third-order valence-corrected chi connectivity index (χ3v) is 5.95. The fourth-order valence-electron chi connectivity index (χ4n) is 4.21. The molecule has 4 aromatic rings. The summed E-state index contributed by atoms with van der Waals surface area (Å²) in [6.45, 7) is 0. The summed E-state index contributed by atoms with van der Waals surface area (Å²) in [7, 11) is 6.70. The van der Waals surface area contributed by atoms with Gasteiger partial charge in [0, 0.05) is 22.3 Å². The average Bonchev–Trinajstić information content (AvgIpc) is 2.95. The molecule has 0 aliphatic heterocycles. The molecule has 0 bridgehead atoms. The number of para-hydroxylation sites is 2. The minimum atomic E-state index is 0.690. The monoisotopic (exact) mass is 478 g/mol. The SMILES string of the molecule is COC(=Cc1ccccc1OC)c1cccc(-c2ccccc2)c1C(=Cc1ccccc1OC)OC. The molecule has 182 valence electrons. The highest BCUT2D eigenvalue weighted by Gasteiger charge is 2.19. The highest BCUT2D eigenvalue weighted by atomic mass is 16.5. The molecule has 4 heteroatoms. The first kappa shape index (κ1) is 24.7. The number of benzene rings is 4. The van der Waals surface area contributed by atoms with Gasteiger partial charge < -0.3 is 18.9 Å². The van der Waals surface area contributed by atoms with Gasteiger partial charge in [-0.1, -0.05) is 84.9 Å². The lowest BCUT2D eigenvalue weighted by molar-refractivity contribution is 0.365. The summed E-state index contributed by atoms with van der Waals surface area (Å²) >= 11 is 0. The Hall–Kier alpha value is -4.44. The van der Waals surface area contributed by atoms with E-state index in [1.54, 1.807) is 28.4 Å². The van der Waals surface area contributed by atoms with Crippen LogP contribution in [0, 0.1) is 0 Å². The number of rotatable bonds is 9. The van der Waals surface area contributed by atoms with Crippen LogP contribution < -0.4 is 9.47 Å². The number of hydrogen-bond donors (Lipinski definition) is 0. The number of methoxy groups -OCH3 is 4. The minimum absolute atomic E-state index is 0.690. The molecule has 0 atom stereocenters. The van der Waals surface area contributed by atoms with E-state index < -0.39 is 0 Å². The predicted molar refractivity (Wildman–Crippen MR) is 148 cm³/mol. The molecule has 4 nitrogen and oxygen atoms in total. The van der Waals surface area contributed by atoms with Gasteiger partial charge in [0.1, 0.15) is 23.0 Å². The maximum Gasteiger partial charge on any atom is 0.128 e. The van der Waals surface area contributed by atoms with Crippen molar-refractivity contribution in [2.75, 3.05) is 28.4 Å². The van der Waals surface area contributed by atoms with Gasteiger partial charge in [-0.3, -0.25) is 0 Å². The molecule has 0 saturated carbocycles. The topological polar surface area (TPSA) is 36.9 Å². The Morgan fingerprint density at radius 1 is 0.528 bits per heavy atom. The van der Waals surface area contributed by atoms with E-state index >= 15 is 0 Å². The van der Waals surface area contributed by atoms with E-state index in [0.717, 1.165) is 44.9 Å². The fraction of sp³-hybridized carbons (Fsp3) is 0.125. The second kappa shape index (κ2) is 11.8. The van der Waals surface area contributed by atoms with Crippen molar-refractivity contribution in [1.29, 1.82) is 0 Å². The molecule has 0 aromatic heterocycles. The Morgan fingerprint density at radius 2 is 1.06 bits per heavy atom. The zero-order chi connectivity index (χ0) is 25.3. The molecule has 0 fully saturated rings. The summed E-state index contributed by atoms with van der Waals surface area (Å²) < 4.78 is 23.2. The lowest BCUT2D eigenvalue weighted by atomic mass is 9.91. The fourth-order valence-corrected chi connectivity index (χ4v) is 4.21. The van der Waals surface area contributed by atoms with Gasteiger partial charge in [-0.2, -0.15) is 0 Å². The highest BCUT2D eigenvalue weighted by Crippen LogP contribution is 2.38. The van der Waals surface area contributed by atoms with Crippen molar-refractivity contribution in [2.45, 2.75) is 0 Å². The molecule has 0 saturated heterocycles. The van der Waals surface area contributed by atoms with Crippen molar-refractivity contribution in [3.8, 4) is 22.6 Å². The molecule has 0 aliphatic rings. The average molecular weight is 479 g/mol. The third-order valence-electron chi connectivity index (χ3n) is 5.95. The van der Waals surface area contributed by atoms with Crippen molar-refractivity contribution in [2.24, 2.45) is 0 Å². The Morgan fingerprint density at radius 3 is 1.61 bits per heavy atom. The van der Waals surface area contributed by atoms with Crippen LogP contribution in [0.25, 0.3) is 34.8 Å². The van der Waals surface area contributed by atoms with E-state index in [0.29, 0.717) is 11.5 Å². The van der Waals surface area contributed by atoms with Crippen LogP contribution in [0.2, 0.25) is 0 Å². The van der Waals surface area contributed by atoms with E-state index in [1.807, 2.05) is 91.0 Å². The number of hydrogen-bond acceptors (Lipinski definition) is 4. The highest BCUT2D eigenvalue weighted by molar-refractivity contribution is 5.94. The van der Waals surface area contributed by atoms with Crippen LogP contribution in [0.1, 0.15) is 22.3 Å². The Balaban J connectivity index is 2.00. The minimum Gasteiger partial charge on any atom is -0.496 e. The van der Waals surface area contributed by atoms with Gasteiger partial charge in [-0.15, -0.1) is 0 Å². The first-order valence-corrected chi connectivity index (χ1v) is 11.7. The van der Waals surface area contributed by atoms with E-state index in [-0.39, 0.29) is 0 Å². The van der Waals surface area contributed by atoms with Crippen LogP contribution in [0.3, 0.4) is 0 Å². The lowest BCUT2D eigenvalue weighted by Gasteiger charge is -2.19. The summed E-state index contributed by atoms with van der Waals surface area (Å²) in [5, 5.41) is 0. The standard InChI is InChI=1S/C32H30O4/c1-33-28-19-10-8-15-24(28)21-30(35-3)27-18-12-17-26(23-13-6-5-7-14-23)32(27)31(36-4)22-25-16-9-11-20-29(25)34-2/h5-22H,1-4H3. The molecular formula is C32H30O4. The number of ether oxygens (including phenoxy) is 4. The van der Waals surface area contributed by atoms with E-state index in [4.69, 9.17) is 18.9 Å². The van der Waals surface area contributed by atoms with Crippen molar-refractivity contribution in [3.05, 3.63) is 119 Å². The molecule has 0 heterocycles. The van der Waals surface area contributed by atoms with Gasteiger partial charge in [0.05, 0.1) is 28.4 Å². The van der Waals surface area contributed by atoms with E-state index in [2.05, 4.69) is 18.2 Å². The second-order valence-corrected chi connectivity index (χ2v) is 8.00. The van der Waals surface area contributed by atoms with Crippen molar-refractivity contribution in [3.63, 3.8) is 0 Å².